The molecule has 0 aliphatic heterocycles. The molecule has 0 amide bonds. The highest BCUT2D eigenvalue weighted by molar-refractivity contribution is 5.81. The normalized spacial score (nSPS) is 10.6. The van der Waals surface area contributed by atoms with Crippen LogP contribution in [0.15, 0.2) is 66.7 Å². The topological polar surface area (TPSA) is 26.3 Å². The van der Waals surface area contributed by atoms with Crippen molar-refractivity contribution in [3.05, 3.63) is 72.3 Å². The second kappa shape index (κ2) is 6.55. The largest absolute Gasteiger partial charge is 0.458 e. The summed E-state index contributed by atoms with van der Waals surface area (Å²) in [4.78, 5) is 11.2. The number of benzene rings is 2. The monoisotopic (exact) mass is 252 g/mol. The highest BCUT2D eigenvalue weighted by Crippen LogP contribution is 2.19. The first-order chi connectivity index (χ1) is 9.29. The Morgan fingerprint density at radius 1 is 1.00 bits per heavy atom. The van der Waals surface area contributed by atoms with E-state index >= 15 is 0 Å². The van der Waals surface area contributed by atoms with Gasteiger partial charge in [-0.25, -0.2) is 4.79 Å². The molecule has 0 heterocycles. The van der Waals surface area contributed by atoms with Crippen LogP contribution in [0.25, 0.3) is 11.1 Å². The standard InChI is InChI=1S/C17H16O2/c1-2-6-17(18)19-13-14-9-11-16(12-10-14)15-7-4-3-5-8-15/h2-12H,13H2,1H3/b6-2+. The Morgan fingerprint density at radius 3 is 2.26 bits per heavy atom. The van der Waals surface area contributed by atoms with Gasteiger partial charge in [0.15, 0.2) is 0 Å². The van der Waals surface area contributed by atoms with E-state index in [-0.39, 0.29) is 5.97 Å². The van der Waals surface area contributed by atoms with Crippen molar-refractivity contribution in [1.29, 1.82) is 0 Å². The Kier molecular flexibility index (Phi) is 4.51. The van der Waals surface area contributed by atoms with Gasteiger partial charge in [-0.1, -0.05) is 60.7 Å². The van der Waals surface area contributed by atoms with E-state index in [1.807, 2.05) is 42.5 Å². The molecule has 0 saturated carbocycles. The van der Waals surface area contributed by atoms with Gasteiger partial charge in [0.2, 0.25) is 0 Å². The van der Waals surface area contributed by atoms with Crippen LogP contribution in [0.3, 0.4) is 0 Å². The lowest BCUT2D eigenvalue weighted by Crippen LogP contribution is -2.00. The average Bonchev–Trinajstić information content (AvgIpc) is 2.47. The van der Waals surface area contributed by atoms with Gasteiger partial charge in [-0.15, -0.1) is 0 Å². The number of carbonyl (C=O) groups excluding carboxylic acids is 1. The molecule has 0 N–H and O–H groups in total. The van der Waals surface area contributed by atoms with E-state index in [0.717, 1.165) is 11.1 Å². The molecule has 0 fully saturated rings. The summed E-state index contributed by atoms with van der Waals surface area (Å²) in [6.45, 7) is 2.09. The number of esters is 1. The van der Waals surface area contributed by atoms with E-state index in [2.05, 4.69) is 12.1 Å². The van der Waals surface area contributed by atoms with Gasteiger partial charge >= 0.3 is 5.97 Å². The summed E-state index contributed by atoms with van der Waals surface area (Å²) in [5.41, 5.74) is 3.32. The van der Waals surface area contributed by atoms with Crippen LogP contribution in [0.1, 0.15) is 12.5 Å². The quantitative estimate of drug-likeness (QED) is 0.608. The lowest BCUT2D eigenvalue weighted by Gasteiger charge is -2.05. The van der Waals surface area contributed by atoms with Crippen molar-refractivity contribution in [3.8, 4) is 11.1 Å². The van der Waals surface area contributed by atoms with Gasteiger partial charge in [-0.2, -0.15) is 0 Å². The number of hydrogen-bond donors (Lipinski definition) is 0. The highest BCUT2D eigenvalue weighted by Gasteiger charge is 2.00. The zero-order valence-corrected chi connectivity index (χ0v) is 10.9. The lowest BCUT2D eigenvalue weighted by atomic mass is 10.0. The van der Waals surface area contributed by atoms with Crippen molar-refractivity contribution in [2.24, 2.45) is 0 Å². The number of rotatable bonds is 4. The van der Waals surface area contributed by atoms with Gasteiger partial charge < -0.3 is 4.74 Å². The predicted octanol–water partition coefficient (Wildman–Crippen LogP) is 3.97. The average molecular weight is 252 g/mol. The van der Waals surface area contributed by atoms with Gasteiger partial charge in [0, 0.05) is 6.08 Å². The van der Waals surface area contributed by atoms with E-state index in [1.165, 1.54) is 11.6 Å². The zero-order chi connectivity index (χ0) is 13.5. The van der Waals surface area contributed by atoms with Crippen molar-refractivity contribution in [2.45, 2.75) is 13.5 Å². The van der Waals surface area contributed by atoms with Crippen LogP contribution < -0.4 is 0 Å². The predicted molar refractivity (Wildman–Crippen MR) is 76.5 cm³/mol. The van der Waals surface area contributed by atoms with Crippen molar-refractivity contribution < 1.29 is 9.53 Å². The summed E-state index contributed by atoms with van der Waals surface area (Å²) in [5, 5.41) is 0. The van der Waals surface area contributed by atoms with E-state index in [9.17, 15) is 4.79 Å². The molecular weight excluding hydrogens is 236 g/mol. The van der Waals surface area contributed by atoms with Crippen molar-refractivity contribution in [3.63, 3.8) is 0 Å². The molecule has 2 aromatic carbocycles. The molecule has 0 saturated heterocycles. The van der Waals surface area contributed by atoms with E-state index in [4.69, 9.17) is 4.74 Å². The molecule has 0 aliphatic carbocycles. The maximum Gasteiger partial charge on any atom is 0.330 e. The molecule has 0 spiro atoms. The molecule has 96 valence electrons. The van der Waals surface area contributed by atoms with Crippen LogP contribution in [0.4, 0.5) is 0 Å². The molecular formula is C17H16O2. The van der Waals surface area contributed by atoms with Crippen LogP contribution in [0, 0.1) is 0 Å². The summed E-state index contributed by atoms with van der Waals surface area (Å²) in [6, 6.07) is 18.2. The van der Waals surface area contributed by atoms with Crippen LogP contribution >= 0.6 is 0 Å². The molecule has 0 unspecified atom stereocenters. The molecule has 2 nitrogen and oxygen atoms in total. The summed E-state index contributed by atoms with van der Waals surface area (Å²) < 4.78 is 5.09. The molecule has 2 rings (SSSR count). The maximum atomic E-state index is 11.2. The molecule has 0 aliphatic rings. The first-order valence-corrected chi connectivity index (χ1v) is 6.23. The summed E-state index contributed by atoms with van der Waals surface area (Å²) in [5.74, 6) is -0.311. The van der Waals surface area contributed by atoms with Gasteiger partial charge in [0.1, 0.15) is 6.61 Å². The molecule has 0 atom stereocenters. The van der Waals surface area contributed by atoms with Gasteiger partial charge in [-0.3, -0.25) is 0 Å². The minimum absolute atomic E-state index is 0.304. The van der Waals surface area contributed by atoms with Crippen LogP contribution in [0.5, 0.6) is 0 Å². The second-order valence-electron chi connectivity index (χ2n) is 4.17. The third-order valence-electron chi connectivity index (χ3n) is 2.74. The molecule has 0 aromatic heterocycles. The van der Waals surface area contributed by atoms with Gasteiger partial charge in [0.05, 0.1) is 0 Å². The summed E-state index contributed by atoms with van der Waals surface area (Å²) in [7, 11) is 0. The Bertz CT molecular complexity index is 554. The van der Waals surface area contributed by atoms with E-state index < -0.39 is 0 Å². The molecule has 0 bridgehead atoms. The first-order valence-electron chi connectivity index (χ1n) is 6.23. The Hall–Kier alpha value is -2.35. The van der Waals surface area contributed by atoms with Crippen molar-refractivity contribution in [1.82, 2.24) is 0 Å². The van der Waals surface area contributed by atoms with Crippen LogP contribution in [0.2, 0.25) is 0 Å². The fraction of sp³-hybridized carbons (Fsp3) is 0.118. The minimum atomic E-state index is -0.311. The number of allylic oxidation sites excluding steroid dienone is 1. The smallest absolute Gasteiger partial charge is 0.330 e. The fourth-order valence-electron chi connectivity index (χ4n) is 1.76. The van der Waals surface area contributed by atoms with E-state index in [0.29, 0.717) is 6.61 Å². The Balaban J connectivity index is 2.01. The number of carbonyl (C=O) groups is 1. The minimum Gasteiger partial charge on any atom is -0.458 e. The Morgan fingerprint density at radius 2 is 1.63 bits per heavy atom. The van der Waals surface area contributed by atoms with Gasteiger partial charge in [0.25, 0.3) is 0 Å². The van der Waals surface area contributed by atoms with Crippen molar-refractivity contribution >= 4 is 5.97 Å². The Labute approximate surface area is 113 Å². The maximum absolute atomic E-state index is 11.2. The second-order valence-corrected chi connectivity index (χ2v) is 4.17. The third-order valence-corrected chi connectivity index (χ3v) is 2.74. The molecule has 19 heavy (non-hydrogen) atoms. The van der Waals surface area contributed by atoms with Crippen LogP contribution in [-0.4, -0.2) is 5.97 Å². The molecule has 0 radical (unpaired) electrons. The highest BCUT2D eigenvalue weighted by atomic mass is 16.5. The summed E-state index contributed by atoms with van der Waals surface area (Å²) in [6.07, 6.45) is 3.08. The van der Waals surface area contributed by atoms with Crippen LogP contribution in [-0.2, 0) is 16.1 Å². The zero-order valence-electron chi connectivity index (χ0n) is 10.9. The fourth-order valence-corrected chi connectivity index (χ4v) is 1.76. The third kappa shape index (κ3) is 3.81. The number of hydrogen-bond acceptors (Lipinski definition) is 2. The number of ether oxygens (including phenoxy) is 1. The lowest BCUT2D eigenvalue weighted by molar-refractivity contribution is -0.139. The first kappa shape index (κ1) is 13.1. The molecule has 2 aromatic rings. The molecule has 2 heteroatoms. The van der Waals surface area contributed by atoms with Gasteiger partial charge in [-0.05, 0) is 23.6 Å². The van der Waals surface area contributed by atoms with Crippen molar-refractivity contribution in [2.75, 3.05) is 0 Å². The summed E-state index contributed by atoms with van der Waals surface area (Å²) >= 11 is 0. The van der Waals surface area contributed by atoms with E-state index in [1.54, 1.807) is 13.0 Å². The SMILES string of the molecule is C/C=C/C(=O)OCc1ccc(-c2ccccc2)cc1.